The van der Waals surface area contributed by atoms with Crippen LogP contribution in [0.25, 0.3) is 28.1 Å². The zero-order chi connectivity index (χ0) is 36.7. The molecule has 2 N–H and O–H groups in total. The number of primary amides is 1. The Kier molecular flexibility index (Phi) is 9.51. The van der Waals surface area contributed by atoms with Gasteiger partial charge >= 0.3 is 5.97 Å². The second kappa shape index (κ2) is 14.1. The van der Waals surface area contributed by atoms with Gasteiger partial charge in [-0.1, -0.05) is 41.4 Å². The molecule has 0 unspecified atom stereocenters. The first kappa shape index (κ1) is 35.2. The summed E-state index contributed by atoms with van der Waals surface area (Å²) in [6, 6.07) is 19.6. The standard InChI is InChI=1S/C39H36Cl2N6O5/c1-39(2)22-45(52-38(50)23-8-5-4-6-9-23)12-7-13-46(39)37(49)34-30-11-10-24-15-33(51-3)31(25-14-26(36(42)48)21-43-20-25)19-32(24)35(30)47(44-34)29-17-27(40)16-28(41)18-29/h4-6,8-9,14-21H,7,10-13,22H2,1-3H3,(H2,42,48). The molecule has 3 aromatic carbocycles. The molecule has 0 bridgehead atoms. The van der Waals surface area contributed by atoms with Gasteiger partial charge in [0.25, 0.3) is 5.91 Å². The third kappa shape index (κ3) is 6.74. The summed E-state index contributed by atoms with van der Waals surface area (Å²) in [7, 11) is 1.59. The quantitative estimate of drug-likeness (QED) is 0.193. The second-order valence-corrected chi connectivity index (χ2v) is 14.4. The maximum Gasteiger partial charge on any atom is 0.357 e. The minimum Gasteiger partial charge on any atom is -0.496 e. The molecule has 1 aliphatic carbocycles. The van der Waals surface area contributed by atoms with Gasteiger partial charge in [-0.15, -0.1) is 5.06 Å². The fourth-order valence-corrected chi connectivity index (χ4v) is 7.55. The predicted octanol–water partition coefficient (Wildman–Crippen LogP) is 6.81. The van der Waals surface area contributed by atoms with E-state index in [1.807, 2.05) is 36.9 Å². The van der Waals surface area contributed by atoms with Crippen LogP contribution in [0.2, 0.25) is 10.0 Å². The number of fused-ring (bicyclic) bond motifs is 3. The number of amides is 2. The first-order chi connectivity index (χ1) is 24.9. The van der Waals surface area contributed by atoms with E-state index in [1.165, 1.54) is 6.20 Å². The Labute approximate surface area is 310 Å². The highest BCUT2D eigenvalue weighted by Crippen LogP contribution is 2.44. The van der Waals surface area contributed by atoms with Crippen molar-refractivity contribution >= 4 is 41.0 Å². The Bertz CT molecular complexity index is 2200. The number of hydrogen-bond acceptors (Lipinski definition) is 8. The van der Waals surface area contributed by atoms with Crippen LogP contribution < -0.4 is 10.5 Å². The van der Waals surface area contributed by atoms with E-state index in [4.69, 9.17) is 43.6 Å². The topological polar surface area (TPSA) is 133 Å². The number of pyridine rings is 1. The number of aryl methyl sites for hydroxylation is 1. The van der Waals surface area contributed by atoms with Gasteiger partial charge in [-0.05, 0) is 87.2 Å². The van der Waals surface area contributed by atoms with Gasteiger partial charge in [0, 0.05) is 57.8 Å². The number of halogens is 2. The molecule has 1 saturated heterocycles. The summed E-state index contributed by atoms with van der Waals surface area (Å²) in [4.78, 5) is 51.6. The van der Waals surface area contributed by atoms with Crippen LogP contribution in [0.3, 0.4) is 0 Å². The lowest BCUT2D eigenvalue weighted by molar-refractivity contribution is -0.119. The molecule has 0 atom stereocenters. The van der Waals surface area contributed by atoms with Gasteiger partial charge in [-0.3, -0.25) is 14.6 Å². The molecule has 1 fully saturated rings. The highest BCUT2D eigenvalue weighted by atomic mass is 35.5. The number of carbonyl (C=O) groups is 3. The maximum atomic E-state index is 14.8. The molecule has 2 amide bonds. The fourth-order valence-electron chi connectivity index (χ4n) is 7.04. The Hall–Kier alpha value is -5.23. The van der Waals surface area contributed by atoms with Crippen LogP contribution in [0, 0.1) is 0 Å². The Morgan fingerprint density at radius 1 is 0.885 bits per heavy atom. The second-order valence-electron chi connectivity index (χ2n) is 13.5. The van der Waals surface area contributed by atoms with Crippen LogP contribution in [0.15, 0.2) is 79.1 Å². The lowest BCUT2D eigenvalue weighted by atomic mass is 9.86. The van der Waals surface area contributed by atoms with Gasteiger partial charge in [-0.2, -0.15) is 5.10 Å². The van der Waals surface area contributed by atoms with Crippen molar-refractivity contribution in [2.75, 3.05) is 26.7 Å². The number of aromatic nitrogens is 3. The van der Waals surface area contributed by atoms with Crippen molar-refractivity contribution in [3.63, 3.8) is 0 Å². The Balaban J connectivity index is 1.31. The normalized spacial score (nSPS) is 15.3. The first-order valence-corrected chi connectivity index (χ1v) is 17.6. The SMILES string of the molecule is COc1cc2c(cc1-c1cncc(C(N)=O)c1)-c1c(c(C(=O)N3CCCN(OC(=O)c4ccccc4)CC3(C)C)nn1-c1cc(Cl)cc(Cl)c1)CC2. The monoisotopic (exact) mass is 738 g/mol. The van der Waals surface area contributed by atoms with E-state index in [0.717, 1.165) is 22.4 Å². The van der Waals surface area contributed by atoms with E-state index in [9.17, 15) is 14.4 Å². The van der Waals surface area contributed by atoms with Gasteiger partial charge < -0.3 is 20.2 Å². The first-order valence-electron chi connectivity index (χ1n) is 16.8. The van der Waals surface area contributed by atoms with Crippen LogP contribution in [0.5, 0.6) is 5.75 Å². The minimum atomic E-state index is -0.730. The zero-order valence-electron chi connectivity index (χ0n) is 28.9. The summed E-state index contributed by atoms with van der Waals surface area (Å²) in [5.74, 6) is -0.681. The Morgan fingerprint density at radius 3 is 2.35 bits per heavy atom. The molecule has 0 spiro atoms. The van der Waals surface area contributed by atoms with Crippen molar-refractivity contribution in [3.8, 4) is 33.8 Å². The van der Waals surface area contributed by atoms with E-state index >= 15 is 0 Å². The molecular weight excluding hydrogens is 703 g/mol. The maximum absolute atomic E-state index is 14.8. The smallest absolute Gasteiger partial charge is 0.357 e. The highest BCUT2D eigenvalue weighted by molar-refractivity contribution is 6.34. The van der Waals surface area contributed by atoms with Gasteiger partial charge in [-0.25, -0.2) is 9.48 Å². The van der Waals surface area contributed by atoms with Gasteiger partial charge in [0.05, 0.1) is 41.7 Å². The van der Waals surface area contributed by atoms with E-state index < -0.39 is 17.4 Å². The average molecular weight is 740 g/mol. The van der Waals surface area contributed by atoms with Crippen molar-refractivity contribution in [3.05, 3.63) is 117 Å². The molecule has 7 rings (SSSR count). The van der Waals surface area contributed by atoms with Crippen LogP contribution >= 0.6 is 23.2 Å². The number of hydrogen-bond donors (Lipinski definition) is 1. The van der Waals surface area contributed by atoms with Crippen molar-refractivity contribution < 1.29 is 24.0 Å². The van der Waals surface area contributed by atoms with Crippen LogP contribution in [-0.4, -0.2) is 74.8 Å². The van der Waals surface area contributed by atoms with E-state index in [2.05, 4.69) is 4.98 Å². The van der Waals surface area contributed by atoms with Crippen molar-refractivity contribution in [1.29, 1.82) is 0 Å². The molecule has 13 heteroatoms. The van der Waals surface area contributed by atoms with E-state index in [-0.39, 0.29) is 11.5 Å². The lowest BCUT2D eigenvalue weighted by Crippen LogP contribution is -2.52. The summed E-state index contributed by atoms with van der Waals surface area (Å²) >= 11 is 13.0. The summed E-state index contributed by atoms with van der Waals surface area (Å²) in [5, 5.41) is 7.48. The van der Waals surface area contributed by atoms with Gasteiger partial charge in [0.15, 0.2) is 5.69 Å². The van der Waals surface area contributed by atoms with Crippen LogP contribution in [-0.2, 0) is 17.7 Å². The third-order valence-corrected chi connectivity index (χ3v) is 9.92. The minimum absolute atomic E-state index is 0.236. The van der Waals surface area contributed by atoms with Crippen molar-refractivity contribution in [1.82, 2.24) is 24.7 Å². The number of methoxy groups -OCH3 is 1. The number of ether oxygens (including phenoxy) is 1. The third-order valence-electron chi connectivity index (χ3n) is 9.49. The summed E-state index contributed by atoms with van der Waals surface area (Å²) in [6.07, 6.45) is 4.79. The molecule has 5 aromatic rings. The average Bonchev–Trinajstić information content (AvgIpc) is 3.45. The molecule has 11 nitrogen and oxygen atoms in total. The number of nitrogens with zero attached hydrogens (tertiary/aromatic N) is 5. The van der Waals surface area contributed by atoms with E-state index in [1.54, 1.807) is 71.6 Å². The predicted molar refractivity (Wildman–Crippen MR) is 198 cm³/mol. The molecule has 3 heterocycles. The molecule has 0 saturated carbocycles. The summed E-state index contributed by atoms with van der Waals surface area (Å²) in [6.45, 7) is 5.11. The van der Waals surface area contributed by atoms with Crippen LogP contribution in [0.4, 0.5) is 0 Å². The largest absolute Gasteiger partial charge is 0.496 e. The van der Waals surface area contributed by atoms with Crippen molar-refractivity contribution in [2.45, 2.75) is 38.6 Å². The molecule has 2 aromatic heterocycles. The molecule has 1 aliphatic heterocycles. The number of rotatable bonds is 7. The van der Waals surface area contributed by atoms with Crippen molar-refractivity contribution in [2.24, 2.45) is 5.73 Å². The Morgan fingerprint density at radius 2 is 1.63 bits per heavy atom. The molecule has 2 aliphatic rings. The molecule has 52 heavy (non-hydrogen) atoms. The van der Waals surface area contributed by atoms with Gasteiger partial charge in [0.1, 0.15) is 5.75 Å². The van der Waals surface area contributed by atoms with Crippen LogP contribution in [0.1, 0.15) is 62.6 Å². The number of hydroxylamine groups is 2. The molecule has 0 radical (unpaired) electrons. The summed E-state index contributed by atoms with van der Waals surface area (Å²) in [5.41, 5.74) is 11.1. The van der Waals surface area contributed by atoms with E-state index in [0.29, 0.717) is 82.8 Å². The molecule has 266 valence electrons. The summed E-state index contributed by atoms with van der Waals surface area (Å²) < 4.78 is 7.55. The molecular formula is C39H36Cl2N6O5. The number of carbonyl (C=O) groups excluding carboxylic acids is 3. The fraction of sp³-hybridized carbons (Fsp3) is 0.256. The number of benzene rings is 3. The lowest BCUT2D eigenvalue weighted by Gasteiger charge is -2.38. The zero-order valence-corrected chi connectivity index (χ0v) is 30.4. The number of nitrogens with two attached hydrogens (primary N) is 1. The highest BCUT2D eigenvalue weighted by Gasteiger charge is 2.40. The van der Waals surface area contributed by atoms with Gasteiger partial charge in [0.2, 0.25) is 5.91 Å².